The molecule has 1 fully saturated rings. The summed E-state index contributed by atoms with van der Waals surface area (Å²) in [6, 6.07) is 0.751. The molecule has 0 aromatic carbocycles. The molecule has 1 heterocycles. The number of ether oxygens (including phenoxy) is 1. The van der Waals surface area contributed by atoms with Gasteiger partial charge in [0.25, 0.3) is 0 Å². The molecule has 0 aromatic heterocycles. The largest absolute Gasteiger partial charge is 0.385 e. The summed E-state index contributed by atoms with van der Waals surface area (Å²) in [6.45, 7) is 10.5. The molecule has 1 N–H and O–H groups in total. The summed E-state index contributed by atoms with van der Waals surface area (Å²) in [5.41, 5.74) is 0. The Morgan fingerprint density at radius 2 is 1.94 bits per heavy atom. The van der Waals surface area contributed by atoms with Crippen LogP contribution < -0.4 is 5.32 Å². The van der Waals surface area contributed by atoms with Crippen LogP contribution in [-0.4, -0.2) is 50.8 Å². The Bertz CT molecular complexity index is 177. The molecule has 3 nitrogen and oxygen atoms in total. The number of rotatable bonds is 8. The topological polar surface area (TPSA) is 24.5 Å². The van der Waals surface area contributed by atoms with E-state index in [2.05, 4.69) is 24.1 Å². The quantitative estimate of drug-likeness (QED) is 0.660. The van der Waals surface area contributed by atoms with Gasteiger partial charge in [-0.3, -0.25) is 0 Å². The zero-order chi connectivity index (χ0) is 12.5. The van der Waals surface area contributed by atoms with Crippen LogP contribution in [0.1, 0.15) is 39.5 Å². The Kier molecular flexibility index (Phi) is 7.82. The molecule has 0 bridgehead atoms. The van der Waals surface area contributed by atoms with Crippen LogP contribution in [0.2, 0.25) is 0 Å². The fraction of sp³-hybridized carbons (Fsp3) is 1.00. The number of hydrogen-bond donors (Lipinski definition) is 1. The number of likely N-dealkylation sites (tertiary alicyclic amines) is 1. The summed E-state index contributed by atoms with van der Waals surface area (Å²) in [4.78, 5) is 2.60. The molecule has 0 radical (unpaired) electrons. The van der Waals surface area contributed by atoms with Crippen LogP contribution in [0.5, 0.6) is 0 Å². The summed E-state index contributed by atoms with van der Waals surface area (Å²) >= 11 is 0. The highest BCUT2D eigenvalue weighted by Crippen LogP contribution is 2.12. The minimum Gasteiger partial charge on any atom is -0.385 e. The number of hydrogen-bond acceptors (Lipinski definition) is 3. The third kappa shape index (κ3) is 7.02. The normalized spacial score (nSPS) is 19.1. The lowest BCUT2D eigenvalue weighted by molar-refractivity contribution is 0.176. The monoisotopic (exact) mass is 242 g/mol. The molecule has 0 aromatic rings. The van der Waals surface area contributed by atoms with Gasteiger partial charge < -0.3 is 15.0 Å². The zero-order valence-corrected chi connectivity index (χ0v) is 11.9. The first-order valence-electron chi connectivity index (χ1n) is 7.17. The Morgan fingerprint density at radius 3 is 2.53 bits per heavy atom. The van der Waals surface area contributed by atoms with Crippen molar-refractivity contribution in [1.29, 1.82) is 0 Å². The van der Waals surface area contributed by atoms with Gasteiger partial charge in [0.15, 0.2) is 0 Å². The van der Waals surface area contributed by atoms with Crippen molar-refractivity contribution in [3.05, 3.63) is 0 Å². The first kappa shape index (κ1) is 14.9. The standard InChI is InChI=1S/C14H30N2O/c1-13(2)12-16-9-6-14(7-10-16)15-8-4-5-11-17-3/h13-15H,4-12H2,1-3H3. The fourth-order valence-corrected chi connectivity index (χ4v) is 2.51. The molecule has 3 heteroatoms. The van der Waals surface area contributed by atoms with Gasteiger partial charge in [-0.1, -0.05) is 13.8 Å². The van der Waals surface area contributed by atoms with E-state index in [0.717, 1.165) is 25.1 Å². The van der Waals surface area contributed by atoms with E-state index < -0.39 is 0 Å². The Hall–Kier alpha value is -0.120. The number of unbranched alkanes of at least 4 members (excludes halogenated alkanes) is 1. The van der Waals surface area contributed by atoms with Crippen molar-refractivity contribution < 1.29 is 4.74 Å². The van der Waals surface area contributed by atoms with Crippen LogP contribution in [0.4, 0.5) is 0 Å². The van der Waals surface area contributed by atoms with E-state index in [1.54, 1.807) is 7.11 Å². The van der Waals surface area contributed by atoms with Crippen LogP contribution >= 0.6 is 0 Å². The average molecular weight is 242 g/mol. The minimum absolute atomic E-state index is 0.751. The number of methoxy groups -OCH3 is 1. The van der Waals surface area contributed by atoms with E-state index in [1.165, 1.54) is 45.3 Å². The van der Waals surface area contributed by atoms with Gasteiger partial charge in [0.05, 0.1) is 0 Å². The van der Waals surface area contributed by atoms with Gasteiger partial charge in [-0.05, 0) is 51.2 Å². The van der Waals surface area contributed by atoms with Gasteiger partial charge in [-0.15, -0.1) is 0 Å². The van der Waals surface area contributed by atoms with Gasteiger partial charge in [0.2, 0.25) is 0 Å². The maximum Gasteiger partial charge on any atom is 0.0462 e. The molecule has 1 rings (SSSR count). The molecule has 0 saturated carbocycles. The van der Waals surface area contributed by atoms with Crippen molar-refractivity contribution in [2.75, 3.05) is 39.9 Å². The van der Waals surface area contributed by atoms with Gasteiger partial charge in [0.1, 0.15) is 0 Å². The van der Waals surface area contributed by atoms with Gasteiger partial charge in [-0.25, -0.2) is 0 Å². The van der Waals surface area contributed by atoms with Gasteiger partial charge >= 0.3 is 0 Å². The molecule has 1 saturated heterocycles. The molecule has 0 atom stereocenters. The third-order valence-corrected chi connectivity index (χ3v) is 3.42. The first-order chi connectivity index (χ1) is 8.22. The third-order valence-electron chi connectivity index (χ3n) is 3.42. The number of nitrogens with zero attached hydrogens (tertiary/aromatic N) is 1. The second kappa shape index (κ2) is 8.90. The van der Waals surface area contributed by atoms with Gasteiger partial charge in [0, 0.05) is 26.3 Å². The highest BCUT2D eigenvalue weighted by atomic mass is 16.5. The highest BCUT2D eigenvalue weighted by Gasteiger charge is 2.18. The Balaban J connectivity index is 1.99. The second-order valence-electron chi connectivity index (χ2n) is 5.62. The number of piperidine rings is 1. The maximum absolute atomic E-state index is 5.05. The van der Waals surface area contributed by atoms with Crippen molar-refractivity contribution in [2.45, 2.75) is 45.6 Å². The van der Waals surface area contributed by atoms with Crippen LogP contribution in [0.3, 0.4) is 0 Å². The van der Waals surface area contributed by atoms with Crippen molar-refractivity contribution in [3.8, 4) is 0 Å². The molecule has 17 heavy (non-hydrogen) atoms. The second-order valence-corrected chi connectivity index (χ2v) is 5.62. The van der Waals surface area contributed by atoms with Crippen LogP contribution in [0.15, 0.2) is 0 Å². The molecule has 0 unspecified atom stereocenters. The minimum atomic E-state index is 0.751. The van der Waals surface area contributed by atoms with Crippen LogP contribution in [0.25, 0.3) is 0 Å². The van der Waals surface area contributed by atoms with Crippen LogP contribution in [0, 0.1) is 5.92 Å². The van der Waals surface area contributed by atoms with Crippen molar-refractivity contribution in [1.82, 2.24) is 10.2 Å². The molecule has 1 aliphatic heterocycles. The Labute approximate surface area is 107 Å². The van der Waals surface area contributed by atoms with Crippen LogP contribution in [-0.2, 0) is 4.74 Å². The summed E-state index contributed by atoms with van der Waals surface area (Å²) in [6.07, 6.45) is 5.05. The lowest BCUT2D eigenvalue weighted by atomic mass is 10.0. The molecular weight excluding hydrogens is 212 g/mol. The molecule has 0 amide bonds. The summed E-state index contributed by atoms with van der Waals surface area (Å²) < 4.78 is 5.05. The lowest BCUT2D eigenvalue weighted by Gasteiger charge is -2.33. The van der Waals surface area contributed by atoms with E-state index in [-0.39, 0.29) is 0 Å². The zero-order valence-electron chi connectivity index (χ0n) is 11.9. The predicted octanol–water partition coefficient (Wildman–Crippen LogP) is 2.12. The molecule has 0 spiro atoms. The van der Waals surface area contributed by atoms with Crippen molar-refractivity contribution >= 4 is 0 Å². The van der Waals surface area contributed by atoms with Gasteiger partial charge in [-0.2, -0.15) is 0 Å². The highest BCUT2D eigenvalue weighted by molar-refractivity contribution is 4.77. The molecular formula is C14H30N2O. The van der Waals surface area contributed by atoms with E-state index in [9.17, 15) is 0 Å². The first-order valence-corrected chi connectivity index (χ1v) is 7.17. The average Bonchev–Trinajstić information content (AvgIpc) is 2.30. The number of nitrogens with one attached hydrogen (secondary N) is 1. The predicted molar refractivity (Wildman–Crippen MR) is 73.4 cm³/mol. The van der Waals surface area contributed by atoms with E-state index in [1.807, 2.05) is 0 Å². The molecule has 0 aliphatic carbocycles. The maximum atomic E-state index is 5.05. The summed E-state index contributed by atoms with van der Waals surface area (Å²) in [5, 5.41) is 3.67. The molecule has 1 aliphatic rings. The summed E-state index contributed by atoms with van der Waals surface area (Å²) in [5.74, 6) is 0.800. The Morgan fingerprint density at radius 1 is 1.24 bits per heavy atom. The fourth-order valence-electron chi connectivity index (χ4n) is 2.51. The summed E-state index contributed by atoms with van der Waals surface area (Å²) in [7, 11) is 1.78. The van der Waals surface area contributed by atoms with E-state index >= 15 is 0 Å². The van der Waals surface area contributed by atoms with E-state index in [4.69, 9.17) is 4.74 Å². The molecule has 102 valence electrons. The smallest absolute Gasteiger partial charge is 0.0462 e. The van der Waals surface area contributed by atoms with E-state index in [0.29, 0.717) is 0 Å². The van der Waals surface area contributed by atoms with Crippen molar-refractivity contribution in [3.63, 3.8) is 0 Å². The van der Waals surface area contributed by atoms with Crippen molar-refractivity contribution in [2.24, 2.45) is 5.92 Å². The SMILES string of the molecule is COCCCCNC1CCN(CC(C)C)CC1. The lowest BCUT2D eigenvalue weighted by Crippen LogP contribution is -2.43.